The normalized spacial score (nSPS) is 16.1. The number of aryl methyl sites for hydroxylation is 1. The predicted octanol–water partition coefficient (Wildman–Crippen LogP) is 2.43. The molecule has 1 aliphatic heterocycles. The molecule has 3 rings (SSSR count). The minimum absolute atomic E-state index is 0.224. The molecule has 2 aromatic rings. The van der Waals surface area contributed by atoms with Crippen LogP contribution in [0, 0.1) is 6.92 Å². The summed E-state index contributed by atoms with van der Waals surface area (Å²) < 4.78 is 1.94. The van der Waals surface area contributed by atoms with E-state index < -0.39 is 0 Å². The molecule has 0 unspecified atom stereocenters. The van der Waals surface area contributed by atoms with Crippen molar-refractivity contribution in [3.63, 3.8) is 0 Å². The Labute approximate surface area is 154 Å². The Kier molecular flexibility index (Phi) is 4.73. The summed E-state index contributed by atoms with van der Waals surface area (Å²) in [5.74, 6) is 0.194. The molecule has 0 saturated carbocycles. The van der Waals surface area contributed by atoms with Gasteiger partial charge in [-0.3, -0.25) is 18.9 Å². The van der Waals surface area contributed by atoms with Gasteiger partial charge in [-0.05, 0) is 24.6 Å². The third kappa shape index (κ3) is 3.10. The number of amides is 1. The Morgan fingerprint density at radius 3 is 2.84 bits per heavy atom. The van der Waals surface area contributed by atoms with E-state index in [0.29, 0.717) is 32.8 Å². The molecule has 0 aromatic carbocycles. The Balaban J connectivity index is 2.24. The minimum Gasteiger partial charge on any atom is -0.366 e. The van der Waals surface area contributed by atoms with Crippen molar-refractivity contribution in [3.05, 3.63) is 57.4 Å². The first kappa shape index (κ1) is 17.4. The highest BCUT2D eigenvalue weighted by Gasteiger charge is 2.29. The summed E-state index contributed by atoms with van der Waals surface area (Å²) in [6.45, 7) is 6.01. The smallest absolute Gasteiger partial charge is 0.267 e. The molecule has 0 bridgehead atoms. The third-order valence-corrected chi connectivity index (χ3v) is 5.24. The van der Waals surface area contributed by atoms with E-state index in [9.17, 15) is 9.59 Å². The number of anilines is 1. The van der Waals surface area contributed by atoms with Crippen LogP contribution in [-0.2, 0) is 4.79 Å². The fourth-order valence-electron chi connectivity index (χ4n) is 2.42. The number of aromatic nitrogens is 2. The Morgan fingerprint density at radius 2 is 2.20 bits per heavy atom. The summed E-state index contributed by atoms with van der Waals surface area (Å²) in [5.41, 5.74) is 1.52. The highest BCUT2D eigenvalue weighted by atomic mass is 32.2. The van der Waals surface area contributed by atoms with Gasteiger partial charge in [0.25, 0.3) is 11.5 Å². The van der Waals surface area contributed by atoms with E-state index in [1.54, 1.807) is 31.5 Å². The molecule has 6 nitrogen and oxygen atoms in total. The Hall–Kier alpha value is -2.45. The van der Waals surface area contributed by atoms with Gasteiger partial charge in [0.15, 0.2) is 0 Å². The number of fused-ring (bicyclic) bond motifs is 1. The van der Waals surface area contributed by atoms with Gasteiger partial charge < -0.3 is 5.32 Å². The van der Waals surface area contributed by atoms with Gasteiger partial charge >= 0.3 is 0 Å². The molecule has 1 aliphatic rings. The predicted molar refractivity (Wildman–Crippen MR) is 106 cm³/mol. The first-order valence-electron chi connectivity index (χ1n) is 7.52. The highest BCUT2D eigenvalue weighted by Crippen LogP contribution is 2.31. The first-order valence-corrected chi connectivity index (χ1v) is 8.75. The largest absolute Gasteiger partial charge is 0.366 e. The summed E-state index contributed by atoms with van der Waals surface area (Å²) >= 11 is 6.31. The number of carbonyl (C=O) groups is 1. The molecule has 1 fully saturated rings. The number of rotatable bonds is 4. The van der Waals surface area contributed by atoms with Crippen molar-refractivity contribution in [3.8, 4) is 0 Å². The quantitative estimate of drug-likeness (QED) is 0.505. The van der Waals surface area contributed by atoms with E-state index in [1.807, 2.05) is 13.0 Å². The van der Waals surface area contributed by atoms with Crippen molar-refractivity contribution < 1.29 is 4.79 Å². The van der Waals surface area contributed by atoms with Crippen molar-refractivity contribution in [2.75, 3.05) is 18.9 Å². The molecule has 1 N–H and O–H groups in total. The molecule has 0 atom stereocenters. The molecule has 1 amide bonds. The number of likely N-dealkylation sites (N-methyl/N-ethyl adjacent to an activating group) is 1. The lowest BCUT2D eigenvalue weighted by Crippen LogP contribution is -2.23. The number of thiocarbonyl (C=S) groups is 1. The number of hydrogen-bond acceptors (Lipinski definition) is 6. The van der Waals surface area contributed by atoms with Crippen LogP contribution in [0.2, 0.25) is 0 Å². The van der Waals surface area contributed by atoms with Crippen LogP contribution in [0.5, 0.6) is 0 Å². The lowest BCUT2D eigenvalue weighted by Gasteiger charge is -2.11. The van der Waals surface area contributed by atoms with Crippen LogP contribution in [0.3, 0.4) is 0 Å². The van der Waals surface area contributed by atoms with Gasteiger partial charge in [0.2, 0.25) is 0 Å². The zero-order valence-electron chi connectivity index (χ0n) is 13.8. The monoisotopic (exact) mass is 372 g/mol. The second kappa shape index (κ2) is 6.81. The van der Waals surface area contributed by atoms with Gasteiger partial charge in [-0.1, -0.05) is 36.1 Å². The van der Waals surface area contributed by atoms with Crippen LogP contribution in [-0.4, -0.2) is 38.1 Å². The zero-order chi connectivity index (χ0) is 18.1. The van der Waals surface area contributed by atoms with Crippen molar-refractivity contribution in [1.82, 2.24) is 14.3 Å². The minimum atomic E-state index is -0.248. The number of nitrogens with zero attached hydrogens (tertiary/aromatic N) is 3. The van der Waals surface area contributed by atoms with Gasteiger partial charge in [0, 0.05) is 19.8 Å². The average Bonchev–Trinajstić information content (AvgIpc) is 2.83. The molecule has 0 aliphatic carbocycles. The maximum atomic E-state index is 13.0. The van der Waals surface area contributed by atoms with Crippen LogP contribution in [0.15, 0.2) is 40.7 Å². The fourth-order valence-corrected chi connectivity index (χ4v) is 3.58. The molecular formula is C17H16N4O2S2. The van der Waals surface area contributed by atoms with E-state index in [4.69, 9.17) is 12.2 Å². The third-order valence-electron chi connectivity index (χ3n) is 3.76. The lowest BCUT2D eigenvalue weighted by atomic mass is 10.2. The molecule has 8 heteroatoms. The van der Waals surface area contributed by atoms with Crippen LogP contribution < -0.4 is 10.9 Å². The molecule has 128 valence electrons. The van der Waals surface area contributed by atoms with E-state index in [1.165, 1.54) is 21.1 Å². The van der Waals surface area contributed by atoms with Crippen molar-refractivity contribution >= 4 is 51.7 Å². The number of thioether (sulfide) groups is 1. The van der Waals surface area contributed by atoms with E-state index in [0.717, 1.165) is 5.56 Å². The highest BCUT2D eigenvalue weighted by molar-refractivity contribution is 8.26. The second-order valence-electron chi connectivity index (χ2n) is 5.47. The van der Waals surface area contributed by atoms with E-state index in [2.05, 4.69) is 16.9 Å². The Bertz CT molecular complexity index is 994. The molecule has 0 radical (unpaired) electrons. The summed E-state index contributed by atoms with van der Waals surface area (Å²) in [5, 5.41) is 3.08. The lowest BCUT2D eigenvalue weighted by molar-refractivity contribution is -0.121. The van der Waals surface area contributed by atoms with Crippen molar-refractivity contribution in [2.45, 2.75) is 6.92 Å². The van der Waals surface area contributed by atoms with Crippen LogP contribution in [0.4, 0.5) is 5.82 Å². The van der Waals surface area contributed by atoms with Crippen LogP contribution >= 0.6 is 24.0 Å². The maximum absolute atomic E-state index is 13.0. The van der Waals surface area contributed by atoms with Crippen LogP contribution in [0.25, 0.3) is 11.7 Å². The van der Waals surface area contributed by atoms with E-state index in [-0.39, 0.29) is 11.5 Å². The topological polar surface area (TPSA) is 66.7 Å². The first-order chi connectivity index (χ1) is 11.9. The van der Waals surface area contributed by atoms with Crippen LogP contribution in [0.1, 0.15) is 11.1 Å². The maximum Gasteiger partial charge on any atom is 0.267 e. The average molecular weight is 372 g/mol. The SMILES string of the molecule is C=CCNc1nc2c(C)cccn2c(=O)c1C=C1SC(=S)N(C)C1=O. The number of nitrogens with one attached hydrogen (secondary N) is 1. The number of carbonyl (C=O) groups excluding carboxylic acids is 1. The fraction of sp³-hybridized carbons (Fsp3) is 0.176. The zero-order valence-corrected chi connectivity index (χ0v) is 15.4. The summed E-state index contributed by atoms with van der Waals surface area (Å²) in [7, 11) is 1.62. The molecule has 0 spiro atoms. The number of hydrogen-bond donors (Lipinski definition) is 1. The molecule has 2 aromatic heterocycles. The van der Waals surface area contributed by atoms with Gasteiger partial charge in [-0.25, -0.2) is 4.98 Å². The standard InChI is InChI=1S/C17H16N4O2S2/c1-4-7-18-13-11(9-12-16(23)20(3)17(24)25-12)15(22)21-8-5-6-10(2)14(21)19-13/h4-6,8-9,18H,1,7H2,2-3H3. The van der Waals surface area contributed by atoms with Gasteiger partial charge in [0.05, 0.1) is 10.5 Å². The summed E-state index contributed by atoms with van der Waals surface area (Å²) in [6, 6.07) is 3.68. The molecular weight excluding hydrogens is 356 g/mol. The van der Waals surface area contributed by atoms with Gasteiger partial charge in [-0.15, -0.1) is 6.58 Å². The van der Waals surface area contributed by atoms with Crippen molar-refractivity contribution in [2.24, 2.45) is 0 Å². The molecule has 3 heterocycles. The van der Waals surface area contributed by atoms with Gasteiger partial charge in [-0.2, -0.15) is 0 Å². The van der Waals surface area contributed by atoms with Crippen molar-refractivity contribution in [1.29, 1.82) is 0 Å². The summed E-state index contributed by atoms with van der Waals surface area (Å²) in [6.07, 6.45) is 4.90. The molecule has 25 heavy (non-hydrogen) atoms. The Morgan fingerprint density at radius 1 is 1.44 bits per heavy atom. The molecule has 1 saturated heterocycles. The van der Waals surface area contributed by atoms with Gasteiger partial charge in [0.1, 0.15) is 15.8 Å². The summed E-state index contributed by atoms with van der Waals surface area (Å²) in [4.78, 5) is 31.6. The number of pyridine rings is 1. The second-order valence-corrected chi connectivity index (χ2v) is 7.15. The van der Waals surface area contributed by atoms with E-state index >= 15 is 0 Å².